The molecule has 128 valence electrons. The third-order valence-electron chi connectivity index (χ3n) is 3.28. The topological polar surface area (TPSA) is 95.5 Å². The van der Waals surface area contributed by atoms with E-state index in [9.17, 15) is 14.4 Å². The Morgan fingerprint density at radius 3 is 2.23 bits per heavy atom. The molecule has 0 spiro atoms. The normalized spacial score (nSPS) is 12.0. The van der Waals surface area contributed by atoms with E-state index in [-0.39, 0.29) is 11.8 Å². The van der Waals surface area contributed by atoms with Crippen LogP contribution >= 0.6 is 0 Å². The number of carbonyl (C=O) groups excluding carboxylic acids is 2. The first-order chi connectivity index (χ1) is 10.4. The highest BCUT2D eigenvalue weighted by Crippen LogP contribution is 2.08. The monoisotopic (exact) mass is 314 g/mol. The number of hydrogen-bond donors (Lipinski definition) is 3. The Balaban J connectivity index is 4.24. The highest BCUT2D eigenvalue weighted by atomic mass is 16.4. The van der Waals surface area contributed by atoms with E-state index < -0.39 is 24.5 Å². The van der Waals surface area contributed by atoms with Crippen LogP contribution in [0, 0.1) is 5.92 Å². The summed E-state index contributed by atoms with van der Waals surface area (Å²) in [6.07, 6.45) is 6.19. The molecule has 1 atom stereocenters. The lowest BCUT2D eigenvalue weighted by molar-refractivity contribution is -0.138. The van der Waals surface area contributed by atoms with Crippen molar-refractivity contribution >= 4 is 17.8 Å². The van der Waals surface area contributed by atoms with Crippen molar-refractivity contribution in [3.05, 3.63) is 0 Å². The number of hydrogen-bond acceptors (Lipinski definition) is 3. The Hall–Kier alpha value is -1.59. The Bertz CT molecular complexity index is 356. The van der Waals surface area contributed by atoms with Crippen molar-refractivity contribution in [3.63, 3.8) is 0 Å². The van der Waals surface area contributed by atoms with E-state index in [1.807, 2.05) is 13.8 Å². The van der Waals surface area contributed by atoms with Crippen LogP contribution in [-0.4, -0.2) is 35.5 Å². The minimum Gasteiger partial charge on any atom is -0.480 e. The van der Waals surface area contributed by atoms with Crippen LogP contribution in [0.5, 0.6) is 0 Å². The van der Waals surface area contributed by atoms with Crippen LogP contribution in [0.2, 0.25) is 0 Å². The quantitative estimate of drug-likeness (QED) is 0.481. The number of aliphatic carboxylic acids is 1. The molecule has 2 amide bonds. The van der Waals surface area contributed by atoms with E-state index in [0.717, 1.165) is 25.7 Å². The maximum absolute atomic E-state index is 11.9. The summed E-state index contributed by atoms with van der Waals surface area (Å²) in [7, 11) is 0. The number of rotatable bonds is 12. The smallest absolute Gasteiger partial charge is 0.322 e. The first-order valence-corrected chi connectivity index (χ1v) is 8.15. The zero-order valence-electron chi connectivity index (χ0n) is 14.0. The second kappa shape index (κ2) is 12.0. The molecule has 0 aromatic carbocycles. The van der Waals surface area contributed by atoms with Gasteiger partial charge in [-0.3, -0.25) is 14.4 Å². The van der Waals surface area contributed by atoms with Crippen LogP contribution in [0.1, 0.15) is 65.7 Å². The van der Waals surface area contributed by atoms with Crippen molar-refractivity contribution in [2.75, 3.05) is 6.54 Å². The SMILES string of the molecule is CCCCCCCC(=O)NC(CC(C)C)C(=O)NCC(=O)O. The lowest BCUT2D eigenvalue weighted by Gasteiger charge is -2.19. The van der Waals surface area contributed by atoms with Gasteiger partial charge in [-0.05, 0) is 18.8 Å². The molecule has 0 aliphatic heterocycles. The summed E-state index contributed by atoms with van der Waals surface area (Å²) >= 11 is 0. The summed E-state index contributed by atoms with van der Waals surface area (Å²) in [6.45, 7) is 5.61. The largest absolute Gasteiger partial charge is 0.480 e. The summed E-state index contributed by atoms with van der Waals surface area (Å²) in [4.78, 5) is 34.3. The second-order valence-corrected chi connectivity index (χ2v) is 6.03. The minimum atomic E-state index is -1.10. The van der Waals surface area contributed by atoms with Gasteiger partial charge in [0.25, 0.3) is 0 Å². The molecule has 6 nitrogen and oxygen atoms in total. The van der Waals surface area contributed by atoms with E-state index in [1.54, 1.807) is 0 Å². The predicted octanol–water partition coefficient (Wildman–Crippen LogP) is 2.08. The van der Waals surface area contributed by atoms with Gasteiger partial charge in [0, 0.05) is 6.42 Å². The van der Waals surface area contributed by atoms with Crippen molar-refractivity contribution in [1.29, 1.82) is 0 Å². The fourth-order valence-electron chi connectivity index (χ4n) is 2.14. The van der Waals surface area contributed by atoms with Gasteiger partial charge in [0.2, 0.25) is 11.8 Å². The molecule has 0 fully saturated rings. The average Bonchev–Trinajstić information content (AvgIpc) is 2.43. The molecular weight excluding hydrogens is 284 g/mol. The van der Waals surface area contributed by atoms with Crippen LogP contribution in [0.15, 0.2) is 0 Å². The number of carboxylic acid groups (broad SMARTS) is 1. The van der Waals surface area contributed by atoms with Crippen LogP contribution in [-0.2, 0) is 14.4 Å². The number of amides is 2. The van der Waals surface area contributed by atoms with E-state index >= 15 is 0 Å². The van der Waals surface area contributed by atoms with Crippen LogP contribution in [0.4, 0.5) is 0 Å². The number of carbonyl (C=O) groups is 3. The van der Waals surface area contributed by atoms with Gasteiger partial charge in [0.1, 0.15) is 12.6 Å². The highest BCUT2D eigenvalue weighted by molar-refractivity contribution is 5.89. The van der Waals surface area contributed by atoms with Gasteiger partial charge in [-0.25, -0.2) is 0 Å². The zero-order chi connectivity index (χ0) is 17.0. The fourth-order valence-corrected chi connectivity index (χ4v) is 2.14. The third-order valence-corrected chi connectivity index (χ3v) is 3.28. The second-order valence-electron chi connectivity index (χ2n) is 6.03. The average molecular weight is 314 g/mol. The van der Waals surface area contributed by atoms with Gasteiger partial charge in [-0.1, -0.05) is 46.5 Å². The van der Waals surface area contributed by atoms with Crippen molar-refractivity contribution in [2.24, 2.45) is 5.92 Å². The number of unbranched alkanes of at least 4 members (excludes halogenated alkanes) is 4. The number of nitrogens with one attached hydrogen (secondary N) is 2. The van der Waals surface area contributed by atoms with Crippen LogP contribution in [0.3, 0.4) is 0 Å². The molecular formula is C16H30N2O4. The molecule has 6 heteroatoms. The molecule has 0 rings (SSSR count). The van der Waals surface area contributed by atoms with Crippen LogP contribution < -0.4 is 10.6 Å². The Morgan fingerprint density at radius 2 is 1.68 bits per heavy atom. The fraction of sp³-hybridized carbons (Fsp3) is 0.812. The Kier molecular flexibility index (Phi) is 11.1. The minimum absolute atomic E-state index is 0.146. The molecule has 0 aromatic rings. The summed E-state index contributed by atoms with van der Waals surface area (Å²) in [5.41, 5.74) is 0. The van der Waals surface area contributed by atoms with E-state index in [0.29, 0.717) is 12.8 Å². The van der Waals surface area contributed by atoms with Crippen molar-refractivity contribution in [1.82, 2.24) is 10.6 Å². The molecule has 3 N–H and O–H groups in total. The van der Waals surface area contributed by atoms with Crippen molar-refractivity contribution in [3.8, 4) is 0 Å². The van der Waals surface area contributed by atoms with Gasteiger partial charge >= 0.3 is 5.97 Å². The Morgan fingerprint density at radius 1 is 1.05 bits per heavy atom. The molecule has 0 radical (unpaired) electrons. The molecule has 0 heterocycles. The van der Waals surface area contributed by atoms with Gasteiger partial charge in [-0.15, -0.1) is 0 Å². The van der Waals surface area contributed by atoms with Gasteiger partial charge in [0.05, 0.1) is 0 Å². The molecule has 0 aliphatic rings. The molecule has 0 aliphatic carbocycles. The molecule has 0 saturated carbocycles. The van der Waals surface area contributed by atoms with Gasteiger partial charge in [0.15, 0.2) is 0 Å². The maximum Gasteiger partial charge on any atom is 0.322 e. The number of carboxylic acids is 1. The summed E-state index contributed by atoms with van der Waals surface area (Å²) in [5.74, 6) is -1.45. The van der Waals surface area contributed by atoms with E-state index in [4.69, 9.17) is 5.11 Å². The summed E-state index contributed by atoms with van der Waals surface area (Å²) < 4.78 is 0. The summed E-state index contributed by atoms with van der Waals surface area (Å²) in [6, 6.07) is -0.664. The third kappa shape index (κ3) is 11.1. The van der Waals surface area contributed by atoms with Crippen molar-refractivity contribution in [2.45, 2.75) is 71.8 Å². The Labute approximate surface area is 133 Å². The van der Waals surface area contributed by atoms with Gasteiger partial charge < -0.3 is 15.7 Å². The predicted molar refractivity (Wildman–Crippen MR) is 85.4 cm³/mol. The van der Waals surface area contributed by atoms with Gasteiger partial charge in [-0.2, -0.15) is 0 Å². The lowest BCUT2D eigenvalue weighted by atomic mass is 10.0. The van der Waals surface area contributed by atoms with Crippen molar-refractivity contribution < 1.29 is 19.5 Å². The first kappa shape index (κ1) is 20.4. The molecule has 1 unspecified atom stereocenters. The first-order valence-electron chi connectivity index (χ1n) is 8.15. The van der Waals surface area contributed by atoms with Crippen LogP contribution in [0.25, 0.3) is 0 Å². The summed E-state index contributed by atoms with van der Waals surface area (Å²) in [5, 5.41) is 13.6. The highest BCUT2D eigenvalue weighted by Gasteiger charge is 2.21. The zero-order valence-corrected chi connectivity index (χ0v) is 14.0. The van der Waals surface area contributed by atoms with E-state index in [1.165, 1.54) is 6.42 Å². The molecule has 0 saturated heterocycles. The lowest BCUT2D eigenvalue weighted by Crippen LogP contribution is -2.48. The molecule has 0 bridgehead atoms. The molecule has 0 aromatic heterocycles. The standard InChI is InChI=1S/C16H30N2O4/c1-4-5-6-7-8-9-14(19)18-13(10-12(2)3)16(22)17-11-15(20)21/h12-13H,4-11H2,1-3H3,(H,17,22)(H,18,19)(H,20,21). The molecule has 22 heavy (non-hydrogen) atoms. The maximum atomic E-state index is 11.9. The van der Waals surface area contributed by atoms with E-state index in [2.05, 4.69) is 17.6 Å².